The Morgan fingerprint density at radius 1 is 1.19 bits per heavy atom. The van der Waals surface area contributed by atoms with Gasteiger partial charge < -0.3 is 14.7 Å². The van der Waals surface area contributed by atoms with Crippen molar-refractivity contribution in [3.63, 3.8) is 0 Å². The summed E-state index contributed by atoms with van der Waals surface area (Å²) < 4.78 is 0. The van der Waals surface area contributed by atoms with Crippen LogP contribution in [0.4, 0.5) is 11.4 Å². The monoisotopic (exact) mass is 287 g/mol. The summed E-state index contributed by atoms with van der Waals surface area (Å²) in [5, 5.41) is 0. The zero-order valence-corrected chi connectivity index (χ0v) is 13.1. The molecule has 114 valence electrons. The molecule has 1 aromatic carbocycles. The smallest absolute Gasteiger partial charge is 0.230 e. The molecule has 1 heterocycles. The molecule has 2 aliphatic rings. The maximum atomic E-state index is 12.6. The van der Waals surface area contributed by atoms with Crippen molar-refractivity contribution in [3.05, 3.63) is 24.3 Å². The quantitative estimate of drug-likeness (QED) is 0.849. The van der Waals surface area contributed by atoms with E-state index in [1.54, 1.807) is 0 Å². The van der Waals surface area contributed by atoms with Crippen LogP contribution in [0.3, 0.4) is 0 Å². The third-order valence-electron chi connectivity index (χ3n) is 4.64. The van der Waals surface area contributed by atoms with Crippen LogP contribution in [0, 0.1) is 5.92 Å². The van der Waals surface area contributed by atoms with Crippen molar-refractivity contribution in [1.82, 2.24) is 4.90 Å². The molecule has 0 unspecified atom stereocenters. The molecular weight excluding hydrogens is 262 g/mol. The summed E-state index contributed by atoms with van der Waals surface area (Å²) in [4.78, 5) is 19.2. The van der Waals surface area contributed by atoms with Gasteiger partial charge in [0, 0.05) is 32.1 Å². The molecule has 21 heavy (non-hydrogen) atoms. The van der Waals surface area contributed by atoms with E-state index in [-0.39, 0.29) is 5.92 Å². The first-order valence-electron chi connectivity index (χ1n) is 7.97. The summed E-state index contributed by atoms with van der Waals surface area (Å²) in [6.07, 6.45) is 3.35. The topological polar surface area (TPSA) is 26.8 Å². The minimum atomic E-state index is 0.270. The Balaban J connectivity index is 1.79. The van der Waals surface area contributed by atoms with Crippen molar-refractivity contribution in [2.24, 2.45) is 5.92 Å². The van der Waals surface area contributed by atoms with Gasteiger partial charge in [-0.15, -0.1) is 0 Å². The highest BCUT2D eigenvalue weighted by Crippen LogP contribution is 2.36. The number of fused-ring (bicyclic) bond motifs is 1. The third kappa shape index (κ3) is 2.91. The van der Waals surface area contributed by atoms with Crippen molar-refractivity contribution in [2.75, 3.05) is 50.1 Å². The molecule has 0 N–H and O–H groups in total. The Morgan fingerprint density at radius 2 is 1.90 bits per heavy atom. The average Bonchev–Trinajstić information content (AvgIpc) is 2.42. The molecule has 0 radical (unpaired) electrons. The van der Waals surface area contributed by atoms with Gasteiger partial charge in [0.15, 0.2) is 0 Å². The van der Waals surface area contributed by atoms with Gasteiger partial charge in [-0.05, 0) is 39.1 Å². The molecule has 4 heteroatoms. The van der Waals surface area contributed by atoms with Gasteiger partial charge in [0.1, 0.15) is 0 Å². The zero-order valence-electron chi connectivity index (χ0n) is 13.1. The molecule has 0 saturated heterocycles. The third-order valence-corrected chi connectivity index (χ3v) is 4.64. The number of hydrogen-bond donors (Lipinski definition) is 0. The summed E-state index contributed by atoms with van der Waals surface area (Å²) in [7, 11) is 4.20. The van der Waals surface area contributed by atoms with Gasteiger partial charge in [-0.3, -0.25) is 4.79 Å². The largest absolute Gasteiger partial charge is 0.367 e. The Kier molecular flexibility index (Phi) is 4.15. The SMILES string of the molecule is CN(C)CCN1CCN(C(=O)C2CCC2)c2ccccc21. The minimum Gasteiger partial charge on any atom is -0.367 e. The number of anilines is 2. The highest BCUT2D eigenvalue weighted by molar-refractivity contribution is 5.99. The lowest BCUT2D eigenvalue weighted by atomic mass is 9.84. The molecule has 0 bridgehead atoms. The molecule has 1 saturated carbocycles. The normalized spacial score (nSPS) is 18.6. The average molecular weight is 287 g/mol. The lowest BCUT2D eigenvalue weighted by molar-refractivity contribution is -0.124. The van der Waals surface area contributed by atoms with Gasteiger partial charge in [0.25, 0.3) is 0 Å². The van der Waals surface area contributed by atoms with E-state index in [4.69, 9.17) is 0 Å². The van der Waals surface area contributed by atoms with Crippen LogP contribution in [0.2, 0.25) is 0 Å². The predicted octanol–water partition coefficient (Wildman–Crippen LogP) is 2.20. The zero-order chi connectivity index (χ0) is 14.8. The van der Waals surface area contributed by atoms with Crippen molar-refractivity contribution in [3.8, 4) is 0 Å². The van der Waals surface area contributed by atoms with Crippen LogP contribution in [0.1, 0.15) is 19.3 Å². The van der Waals surface area contributed by atoms with Gasteiger partial charge in [0.2, 0.25) is 5.91 Å². The summed E-state index contributed by atoms with van der Waals surface area (Å²) >= 11 is 0. The van der Waals surface area contributed by atoms with Crippen LogP contribution in [-0.2, 0) is 4.79 Å². The summed E-state index contributed by atoms with van der Waals surface area (Å²) in [6.45, 7) is 3.80. The van der Waals surface area contributed by atoms with E-state index < -0.39 is 0 Å². The Morgan fingerprint density at radius 3 is 2.52 bits per heavy atom. The van der Waals surface area contributed by atoms with Crippen LogP contribution in [-0.4, -0.2) is 51.1 Å². The van der Waals surface area contributed by atoms with Crippen molar-refractivity contribution >= 4 is 17.3 Å². The highest BCUT2D eigenvalue weighted by atomic mass is 16.2. The molecule has 0 atom stereocenters. The Hall–Kier alpha value is -1.55. The maximum Gasteiger partial charge on any atom is 0.230 e. The molecule has 1 fully saturated rings. The molecule has 1 aliphatic carbocycles. The number of amides is 1. The van der Waals surface area contributed by atoms with E-state index in [9.17, 15) is 4.79 Å². The fourth-order valence-electron chi connectivity index (χ4n) is 3.08. The van der Waals surface area contributed by atoms with E-state index in [1.807, 2.05) is 11.0 Å². The standard InChI is InChI=1S/C17H25N3O/c1-18(2)10-11-19-12-13-20(17(21)14-6-5-7-14)16-9-4-3-8-15(16)19/h3-4,8-9,14H,5-7,10-13H2,1-2H3. The Labute approximate surface area is 127 Å². The number of nitrogens with zero attached hydrogens (tertiary/aromatic N) is 3. The van der Waals surface area contributed by atoms with Gasteiger partial charge in [-0.2, -0.15) is 0 Å². The van der Waals surface area contributed by atoms with E-state index in [0.29, 0.717) is 5.91 Å². The van der Waals surface area contributed by atoms with Crippen molar-refractivity contribution in [2.45, 2.75) is 19.3 Å². The highest BCUT2D eigenvalue weighted by Gasteiger charge is 2.33. The van der Waals surface area contributed by atoms with Crippen molar-refractivity contribution < 1.29 is 4.79 Å². The fourth-order valence-corrected chi connectivity index (χ4v) is 3.08. The summed E-state index contributed by atoms with van der Waals surface area (Å²) in [5.41, 5.74) is 2.30. The number of para-hydroxylation sites is 2. The van der Waals surface area contributed by atoms with Gasteiger partial charge in [-0.1, -0.05) is 18.6 Å². The van der Waals surface area contributed by atoms with E-state index >= 15 is 0 Å². The second kappa shape index (κ2) is 6.06. The number of carbonyl (C=O) groups excluding carboxylic acids is 1. The van der Waals surface area contributed by atoms with Gasteiger partial charge >= 0.3 is 0 Å². The van der Waals surface area contributed by atoms with Crippen molar-refractivity contribution in [1.29, 1.82) is 0 Å². The molecule has 1 aromatic rings. The van der Waals surface area contributed by atoms with Crippen LogP contribution < -0.4 is 9.80 Å². The lowest BCUT2D eigenvalue weighted by Gasteiger charge is -2.40. The van der Waals surface area contributed by atoms with Crippen LogP contribution >= 0.6 is 0 Å². The van der Waals surface area contributed by atoms with Crippen LogP contribution in [0.5, 0.6) is 0 Å². The first kappa shape index (κ1) is 14.4. The maximum absolute atomic E-state index is 12.6. The molecule has 1 amide bonds. The minimum absolute atomic E-state index is 0.270. The number of hydrogen-bond acceptors (Lipinski definition) is 3. The molecular formula is C17H25N3O. The molecule has 1 aliphatic heterocycles. The molecule has 4 nitrogen and oxygen atoms in total. The molecule has 3 rings (SSSR count). The van der Waals surface area contributed by atoms with Gasteiger partial charge in [0.05, 0.1) is 11.4 Å². The van der Waals surface area contributed by atoms with E-state index in [1.165, 1.54) is 12.1 Å². The summed E-state index contributed by atoms with van der Waals surface area (Å²) in [6, 6.07) is 8.34. The molecule has 0 spiro atoms. The molecule has 0 aromatic heterocycles. The second-order valence-corrected chi connectivity index (χ2v) is 6.40. The first-order valence-corrected chi connectivity index (χ1v) is 7.97. The predicted molar refractivity (Wildman–Crippen MR) is 86.9 cm³/mol. The Bertz CT molecular complexity index is 511. The lowest BCUT2D eigenvalue weighted by Crippen LogP contribution is -2.48. The second-order valence-electron chi connectivity index (χ2n) is 6.40. The number of carbonyl (C=O) groups is 1. The summed E-state index contributed by atoms with van der Waals surface area (Å²) in [5.74, 6) is 0.604. The van der Waals surface area contributed by atoms with E-state index in [0.717, 1.165) is 44.7 Å². The van der Waals surface area contributed by atoms with Crippen LogP contribution in [0.25, 0.3) is 0 Å². The number of benzene rings is 1. The van der Waals surface area contributed by atoms with E-state index in [2.05, 4.69) is 42.1 Å². The van der Waals surface area contributed by atoms with Crippen LogP contribution in [0.15, 0.2) is 24.3 Å². The van der Waals surface area contributed by atoms with Gasteiger partial charge in [-0.25, -0.2) is 0 Å². The fraction of sp³-hybridized carbons (Fsp3) is 0.588. The number of rotatable bonds is 4. The first-order chi connectivity index (χ1) is 10.2. The number of likely N-dealkylation sites (N-methyl/N-ethyl adjacent to an activating group) is 1.